The molecule has 82 valence electrons. The largest absolute Gasteiger partial charge is 0.291 e. The van der Waals surface area contributed by atoms with E-state index in [1.54, 1.807) is 4.90 Å². The Labute approximate surface area is 91.1 Å². The molecule has 6 heteroatoms. The van der Waals surface area contributed by atoms with E-state index in [9.17, 15) is 8.78 Å². The summed E-state index contributed by atoms with van der Waals surface area (Å²) >= 11 is 5.57. The first kappa shape index (κ1) is 10.7. The third-order valence-electron chi connectivity index (χ3n) is 2.31. The summed E-state index contributed by atoms with van der Waals surface area (Å²) in [6.45, 7) is 0.606. The van der Waals surface area contributed by atoms with Gasteiger partial charge in [0, 0.05) is 19.5 Å². The lowest BCUT2D eigenvalue weighted by atomic mass is 10.3. The molecule has 0 spiro atoms. The number of hydrogen-bond acceptors (Lipinski definition) is 3. The lowest BCUT2D eigenvalue weighted by Gasteiger charge is -2.14. The third kappa shape index (κ3) is 2.82. The van der Waals surface area contributed by atoms with Gasteiger partial charge in [0.15, 0.2) is 0 Å². The molecule has 1 aliphatic rings. The van der Waals surface area contributed by atoms with Crippen molar-refractivity contribution in [2.45, 2.75) is 18.9 Å². The Kier molecular flexibility index (Phi) is 2.84. The maximum absolute atomic E-state index is 12.9. The normalized spacial score (nSPS) is 20.7. The molecule has 0 bridgehead atoms. The molecule has 1 aromatic heterocycles. The molecule has 0 unspecified atom stereocenters. The van der Waals surface area contributed by atoms with Crippen LogP contribution in [0.2, 0.25) is 5.15 Å². The average molecular weight is 234 g/mol. The van der Waals surface area contributed by atoms with Crippen LogP contribution in [0.4, 0.5) is 8.78 Å². The van der Waals surface area contributed by atoms with Gasteiger partial charge in [-0.2, -0.15) is 0 Å². The van der Waals surface area contributed by atoms with Gasteiger partial charge >= 0.3 is 0 Å². The Balaban J connectivity index is 1.96. The predicted octanol–water partition coefficient (Wildman–Crippen LogP) is 1.97. The Morgan fingerprint density at radius 3 is 2.73 bits per heavy atom. The van der Waals surface area contributed by atoms with Crippen LogP contribution in [0.1, 0.15) is 12.1 Å². The Morgan fingerprint density at radius 2 is 2.20 bits per heavy atom. The van der Waals surface area contributed by atoms with Crippen LogP contribution in [0.5, 0.6) is 0 Å². The fourth-order valence-corrected chi connectivity index (χ4v) is 1.69. The summed E-state index contributed by atoms with van der Waals surface area (Å²) in [5.74, 6) is -2.56. The highest BCUT2D eigenvalue weighted by Crippen LogP contribution is 2.27. The molecule has 1 fully saturated rings. The van der Waals surface area contributed by atoms with Crippen molar-refractivity contribution in [1.29, 1.82) is 0 Å². The lowest BCUT2D eigenvalue weighted by Crippen LogP contribution is -2.25. The number of nitrogens with zero attached hydrogens (tertiary/aromatic N) is 3. The summed E-state index contributed by atoms with van der Waals surface area (Å²) in [5, 5.41) is 0.311. The van der Waals surface area contributed by atoms with Gasteiger partial charge in [-0.05, 0) is 0 Å². The van der Waals surface area contributed by atoms with Crippen molar-refractivity contribution < 1.29 is 8.78 Å². The van der Waals surface area contributed by atoms with Crippen LogP contribution in [-0.2, 0) is 6.54 Å². The standard InChI is InChI=1S/C9H10ClF2N3/c10-8-4-13-7(3-14-8)5-15-2-1-9(11,12)6-15/h3-4H,1-2,5-6H2. The summed E-state index contributed by atoms with van der Waals surface area (Å²) in [5.41, 5.74) is 0.664. The second kappa shape index (κ2) is 3.98. The summed E-state index contributed by atoms with van der Waals surface area (Å²) in [6, 6.07) is 0. The molecule has 0 amide bonds. The van der Waals surface area contributed by atoms with Crippen molar-refractivity contribution >= 4 is 11.6 Å². The Hall–Kier alpha value is -0.810. The van der Waals surface area contributed by atoms with E-state index in [2.05, 4.69) is 9.97 Å². The number of rotatable bonds is 2. The van der Waals surface area contributed by atoms with E-state index < -0.39 is 5.92 Å². The van der Waals surface area contributed by atoms with Crippen LogP contribution < -0.4 is 0 Å². The fraction of sp³-hybridized carbons (Fsp3) is 0.556. The van der Waals surface area contributed by atoms with Crippen molar-refractivity contribution in [3.63, 3.8) is 0 Å². The highest BCUT2D eigenvalue weighted by atomic mass is 35.5. The summed E-state index contributed by atoms with van der Waals surface area (Å²) in [6.07, 6.45) is 2.86. The molecule has 0 saturated carbocycles. The minimum absolute atomic E-state index is 0.0754. The highest BCUT2D eigenvalue weighted by molar-refractivity contribution is 6.29. The molecule has 0 aromatic carbocycles. The Morgan fingerprint density at radius 1 is 1.40 bits per heavy atom. The number of hydrogen-bond donors (Lipinski definition) is 0. The van der Waals surface area contributed by atoms with Gasteiger partial charge in [-0.1, -0.05) is 11.6 Å². The molecule has 1 saturated heterocycles. The van der Waals surface area contributed by atoms with Crippen molar-refractivity contribution in [3.05, 3.63) is 23.2 Å². The smallest absolute Gasteiger partial charge is 0.261 e. The molecule has 3 nitrogen and oxygen atoms in total. The number of aromatic nitrogens is 2. The zero-order chi connectivity index (χ0) is 10.9. The fourth-order valence-electron chi connectivity index (χ4n) is 1.59. The number of alkyl halides is 2. The van der Waals surface area contributed by atoms with Gasteiger partial charge in [0.2, 0.25) is 0 Å². The highest BCUT2D eigenvalue weighted by Gasteiger charge is 2.37. The number of halogens is 3. The van der Waals surface area contributed by atoms with Crippen LogP contribution in [0.3, 0.4) is 0 Å². The first-order chi connectivity index (χ1) is 7.05. The quantitative estimate of drug-likeness (QED) is 0.782. The zero-order valence-corrected chi connectivity index (χ0v) is 8.71. The number of likely N-dealkylation sites (tertiary alicyclic amines) is 1. The lowest BCUT2D eigenvalue weighted by molar-refractivity contribution is 0.0114. The van der Waals surface area contributed by atoms with Gasteiger partial charge in [-0.15, -0.1) is 0 Å². The molecule has 1 aromatic rings. The van der Waals surface area contributed by atoms with Crippen molar-refractivity contribution in [2.24, 2.45) is 0 Å². The monoisotopic (exact) mass is 233 g/mol. The van der Waals surface area contributed by atoms with Crippen molar-refractivity contribution in [3.8, 4) is 0 Å². The van der Waals surface area contributed by atoms with E-state index in [-0.39, 0.29) is 13.0 Å². The maximum Gasteiger partial charge on any atom is 0.261 e. The van der Waals surface area contributed by atoms with Gasteiger partial charge in [0.05, 0.1) is 24.6 Å². The molecule has 0 N–H and O–H groups in total. The molecule has 15 heavy (non-hydrogen) atoms. The van der Waals surface area contributed by atoms with Crippen LogP contribution in [-0.4, -0.2) is 33.9 Å². The summed E-state index contributed by atoms with van der Waals surface area (Å²) in [4.78, 5) is 9.52. The SMILES string of the molecule is FC1(F)CCN(Cc2cnc(Cl)cn2)C1. The van der Waals surface area contributed by atoms with E-state index in [0.29, 0.717) is 23.9 Å². The Bertz CT molecular complexity index is 342. The van der Waals surface area contributed by atoms with Gasteiger partial charge in [-0.3, -0.25) is 9.88 Å². The van der Waals surface area contributed by atoms with E-state index in [0.717, 1.165) is 0 Å². The van der Waals surface area contributed by atoms with Gasteiger partial charge < -0.3 is 0 Å². The molecule has 2 heterocycles. The van der Waals surface area contributed by atoms with Gasteiger partial charge in [-0.25, -0.2) is 13.8 Å². The minimum atomic E-state index is -2.56. The molecule has 2 rings (SSSR count). The molecule has 0 aliphatic carbocycles. The van der Waals surface area contributed by atoms with Crippen molar-refractivity contribution in [1.82, 2.24) is 14.9 Å². The first-order valence-corrected chi connectivity index (χ1v) is 5.00. The van der Waals surface area contributed by atoms with Crippen LogP contribution >= 0.6 is 11.6 Å². The second-order valence-electron chi connectivity index (χ2n) is 3.65. The molecule has 1 aliphatic heterocycles. The molecule has 0 atom stereocenters. The van der Waals surface area contributed by atoms with Crippen LogP contribution in [0.25, 0.3) is 0 Å². The van der Waals surface area contributed by atoms with Crippen molar-refractivity contribution in [2.75, 3.05) is 13.1 Å². The minimum Gasteiger partial charge on any atom is -0.291 e. The predicted molar refractivity (Wildman–Crippen MR) is 51.9 cm³/mol. The maximum atomic E-state index is 12.9. The van der Waals surface area contributed by atoms with Gasteiger partial charge in [0.25, 0.3) is 5.92 Å². The summed E-state index contributed by atoms with van der Waals surface area (Å²) < 4.78 is 25.7. The van der Waals surface area contributed by atoms with E-state index >= 15 is 0 Å². The van der Waals surface area contributed by atoms with Crippen LogP contribution in [0, 0.1) is 0 Å². The zero-order valence-electron chi connectivity index (χ0n) is 7.96. The molecule has 0 radical (unpaired) electrons. The van der Waals surface area contributed by atoms with E-state index in [1.807, 2.05) is 0 Å². The first-order valence-electron chi connectivity index (χ1n) is 4.62. The second-order valence-corrected chi connectivity index (χ2v) is 4.03. The van der Waals surface area contributed by atoms with E-state index in [1.165, 1.54) is 12.4 Å². The average Bonchev–Trinajstić information content (AvgIpc) is 2.50. The van der Waals surface area contributed by atoms with Gasteiger partial charge in [0.1, 0.15) is 5.15 Å². The third-order valence-corrected chi connectivity index (χ3v) is 2.50. The van der Waals surface area contributed by atoms with E-state index in [4.69, 9.17) is 11.6 Å². The van der Waals surface area contributed by atoms with Crippen LogP contribution in [0.15, 0.2) is 12.4 Å². The summed E-state index contributed by atoms with van der Waals surface area (Å²) in [7, 11) is 0. The molecular formula is C9H10ClF2N3. The topological polar surface area (TPSA) is 29.0 Å². The molecular weight excluding hydrogens is 224 g/mol.